The number of nitrogens with zero attached hydrogens (tertiary/aromatic N) is 3. The lowest BCUT2D eigenvalue weighted by Gasteiger charge is -2.27. The second-order valence-electron chi connectivity index (χ2n) is 5.68. The van der Waals surface area contributed by atoms with E-state index in [0.29, 0.717) is 35.3 Å². The average Bonchev–Trinajstić information content (AvgIpc) is 2.94. The zero-order valence-corrected chi connectivity index (χ0v) is 12.7. The number of hydrogen-bond acceptors (Lipinski definition) is 4. The van der Waals surface area contributed by atoms with Crippen LogP contribution in [0.15, 0.2) is 17.1 Å². The highest BCUT2D eigenvalue weighted by atomic mass is 35.5. The highest BCUT2D eigenvalue weighted by molar-refractivity contribution is 6.32. The zero-order valence-electron chi connectivity index (χ0n) is 11.9. The number of aliphatic imine (C=N–C) groups is 1. The van der Waals surface area contributed by atoms with Crippen molar-refractivity contribution in [3.8, 4) is 6.07 Å². The average molecular weight is 306 g/mol. The first-order valence-corrected chi connectivity index (χ1v) is 7.21. The van der Waals surface area contributed by atoms with E-state index in [0.717, 1.165) is 12.1 Å². The first-order valence-electron chi connectivity index (χ1n) is 6.84. The molecule has 0 bridgehead atoms. The number of aliphatic hydroxyl groups is 1. The van der Waals surface area contributed by atoms with Gasteiger partial charge in [0.25, 0.3) is 6.02 Å². The van der Waals surface area contributed by atoms with Crippen LogP contribution in [0.1, 0.15) is 24.5 Å². The Bertz CT molecular complexity index is 668. The largest absolute Gasteiger partial charge is 0.462 e. The number of halogens is 1. The van der Waals surface area contributed by atoms with Gasteiger partial charge in [0.15, 0.2) is 0 Å². The van der Waals surface area contributed by atoms with E-state index < -0.39 is 11.6 Å². The zero-order chi connectivity index (χ0) is 15.2. The number of benzene rings is 1. The molecule has 0 radical (unpaired) electrons. The third kappa shape index (κ3) is 2.06. The van der Waals surface area contributed by atoms with Crippen LogP contribution >= 0.6 is 11.6 Å². The molecule has 6 heteroatoms. The van der Waals surface area contributed by atoms with Crippen molar-refractivity contribution in [1.29, 1.82) is 5.26 Å². The van der Waals surface area contributed by atoms with E-state index in [2.05, 4.69) is 11.1 Å². The van der Waals surface area contributed by atoms with Crippen LogP contribution in [0.2, 0.25) is 5.02 Å². The molecule has 2 aliphatic rings. The molecule has 21 heavy (non-hydrogen) atoms. The van der Waals surface area contributed by atoms with Gasteiger partial charge in [0.1, 0.15) is 18.2 Å². The summed E-state index contributed by atoms with van der Waals surface area (Å²) in [6, 6.07) is 5.98. The molecular formula is C15H16ClN3O2. The van der Waals surface area contributed by atoms with Crippen LogP contribution in [0, 0.1) is 18.3 Å². The van der Waals surface area contributed by atoms with Crippen molar-refractivity contribution in [2.24, 2.45) is 4.99 Å². The second-order valence-corrected chi connectivity index (χ2v) is 6.06. The molecule has 0 amide bonds. The normalized spacial score (nSPS) is 29.4. The van der Waals surface area contributed by atoms with Crippen molar-refractivity contribution in [2.45, 2.75) is 31.9 Å². The molecule has 2 atom stereocenters. The molecule has 2 saturated heterocycles. The maximum atomic E-state index is 10.1. The van der Waals surface area contributed by atoms with Gasteiger partial charge in [-0.15, -0.1) is 0 Å². The van der Waals surface area contributed by atoms with Gasteiger partial charge in [-0.2, -0.15) is 10.3 Å². The Kier molecular flexibility index (Phi) is 3.31. The van der Waals surface area contributed by atoms with Gasteiger partial charge in [-0.1, -0.05) is 11.6 Å². The second kappa shape index (κ2) is 4.90. The summed E-state index contributed by atoms with van der Waals surface area (Å²) in [5.74, 6) is 0. The van der Waals surface area contributed by atoms with E-state index in [1.807, 2.05) is 18.7 Å². The molecule has 2 heterocycles. The van der Waals surface area contributed by atoms with E-state index in [1.54, 1.807) is 12.1 Å². The van der Waals surface area contributed by atoms with Gasteiger partial charge in [-0.05, 0) is 38.0 Å². The van der Waals surface area contributed by atoms with Crippen LogP contribution in [0.25, 0.3) is 0 Å². The van der Waals surface area contributed by atoms with Crippen molar-refractivity contribution in [1.82, 2.24) is 4.90 Å². The third-order valence-corrected chi connectivity index (χ3v) is 4.87. The molecule has 5 nitrogen and oxygen atoms in total. The summed E-state index contributed by atoms with van der Waals surface area (Å²) in [4.78, 5) is 6.53. The summed E-state index contributed by atoms with van der Waals surface area (Å²) in [7, 11) is 0. The highest BCUT2D eigenvalue weighted by Crippen LogP contribution is 2.37. The van der Waals surface area contributed by atoms with Crippen molar-refractivity contribution in [2.75, 3.05) is 13.2 Å². The van der Waals surface area contributed by atoms with Gasteiger partial charge >= 0.3 is 0 Å². The molecule has 0 spiro atoms. The molecule has 1 aromatic carbocycles. The summed E-state index contributed by atoms with van der Waals surface area (Å²) >= 11 is 6.16. The molecule has 0 aromatic heterocycles. The summed E-state index contributed by atoms with van der Waals surface area (Å²) in [6.07, 6.45) is 0.308. The number of nitriles is 1. The number of fused-ring (bicyclic) bond motifs is 1. The van der Waals surface area contributed by atoms with E-state index in [4.69, 9.17) is 21.6 Å². The topological polar surface area (TPSA) is 68.8 Å². The Hall–Kier alpha value is -1.77. The molecule has 0 saturated carbocycles. The fourth-order valence-electron chi connectivity index (χ4n) is 2.85. The predicted molar refractivity (Wildman–Crippen MR) is 79.7 cm³/mol. The van der Waals surface area contributed by atoms with Gasteiger partial charge in [-0.25, -0.2) is 0 Å². The van der Waals surface area contributed by atoms with Crippen LogP contribution < -0.4 is 0 Å². The van der Waals surface area contributed by atoms with Gasteiger partial charge < -0.3 is 14.7 Å². The number of hydrogen-bond donors (Lipinski definition) is 1. The summed E-state index contributed by atoms with van der Waals surface area (Å²) in [5.41, 5.74) is 1.47. The Labute approximate surface area is 128 Å². The summed E-state index contributed by atoms with van der Waals surface area (Å²) in [5, 5.41) is 19.5. The third-order valence-electron chi connectivity index (χ3n) is 4.38. The van der Waals surface area contributed by atoms with Crippen molar-refractivity contribution >= 4 is 23.3 Å². The fraction of sp³-hybridized carbons (Fsp3) is 0.467. The van der Waals surface area contributed by atoms with Gasteiger partial charge in [0.05, 0.1) is 22.4 Å². The number of aliphatic hydroxyl groups excluding tert-OH is 1. The molecule has 0 unspecified atom stereocenters. The molecule has 110 valence electrons. The van der Waals surface area contributed by atoms with Gasteiger partial charge in [-0.3, -0.25) is 0 Å². The van der Waals surface area contributed by atoms with Gasteiger partial charge in [0.2, 0.25) is 0 Å². The molecular weight excluding hydrogens is 290 g/mol. The number of ether oxygens (including phenoxy) is 1. The van der Waals surface area contributed by atoms with Crippen LogP contribution in [-0.2, 0) is 4.74 Å². The smallest absolute Gasteiger partial charge is 0.293 e. The van der Waals surface area contributed by atoms with E-state index in [9.17, 15) is 5.11 Å². The van der Waals surface area contributed by atoms with E-state index in [-0.39, 0.29) is 0 Å². The van der Waals surface area contributed by atoms with Crippen LogP contribution in [0.3, 0.4) is 0 Å². The van der Waals surface area contributed by atoms with E-state index >= 15 is 0 Å². The SMILES string of the molecule is Cc1c(N=C2OC[C@@]3(C)[C@@H](O)CCN23)ccc(C#N)c1Cl. The Morgan fingerprint density at radius 1 is 1.57 bits per heavy atom. The molecule has 3 rings (SSSR count). The monoisotopic (exact) mass is 305 g/mol. The maximum absolute atomic E-state index is 10.1. The number of amidine groups is 1. The van der Waals surface area contributed by atoms with Crippen molar-refractivity contribution in [3.63, 3.8) is 0 Å². The molecule has 2 fully saturated rings. The van der Waals surface area contributed by atoms with Crippen LogP contribution in [0.5, 0.6) is 0 Å². The molecule has 2 aliphatic heterocycles. The van der Waals surface area contributed by atoms with Crippen molar-refractivity contribution in [3.05, 3.63) is 28.3 Å². The lowest BCUT2D eigenvalue weighted by Crippen LogP contribution is -2.46. The lowest BCUT2D eigenvalue weighted by molar-refractivity contribution is 0.0714. The molecule has 1 N–H and O–H groups in total. The Morgan fingerprint density at radius 2 is 2.33 bits per heavy atom. The number of rotatable bonds is 1. The van der Waals surface area contributed by atoms with Crippen LogP contribution in [0.4, 0.5) is 5.69 Å². The lowest BCUT2D eigenvalue weighted by atomic mass is 9.98. The standard InChI is InChI=1S/C15H16ClN3O2/c1-9-11(4-3-10(7-17)13(9)16)18-14-19-6-5-12(20)15(19,2)8-21-14/h3-4,12,20H,5-6,8H2,1-2H3/t12-,15-/m0/s1. The first kappa shape index (κ1) is 14.2. The summed E-state index contributed by atoms with van der Waals surface area (Å²) < 4.78 is 5.66. The van der Waals surface area contributed by atoms with Gasteiger partial charge in [0, 0.05) is 6.54 Å². The minimum atomic E-state index is -0.407. The Morgan fingerprint density at radius 3 is 3.05 bits per heavy atom. The fourth-order valence-corrected chi connectivity index (χ4v) is 3.05. The minimum Gasteiger partial charge on any atom is -0.462 e. The predicted octanol–water partition coefficient (Wildman–Crippen LogP) is 2.36. The van der Waals surface area contributed by atoms with Crippen LogP contribution in [-0.4, -0.2) is 40.8 Å². The van der Waals surface area contributed by atoms with E-state index in [1.165, 1.54) is 0 Å². The highest BCUT2D eigenvalue weighted by Gasteiger charge is 2.51. The Balaban J connectivity index is 1.98. The molecule has 0 aliphatic carbocycles. The maximum Gasteiger partial charge on any atom is 0.293 e. The quantitative estimate of drug-likeness (QED) is 0.865. The summed E-state index contributed by atoms with van der Waals surface area (Å²) in [6.45, 7) is 4.96. The first-order chi connectivity index (χ1) is 9.97. The molecule has 1 aromatic rings. The minimum absolute atomic E-state index is 0.400. The van der Waals surface area contributed by atoms with Crippen molar-refractivity contribution < 1.29 is 9.84 Å².